The van der Waals surface area contributed by atoms with Crippen molar-refractivity contribution in [3.05, 3.63) is 11.8 Å². The van der Waals surface area contributed by atoms with Crippen LogP contribution in [0, 0.1) is 0 Å². The first-order valence-corrected chi connectivity index (χ1v) is 11.6. The molecule has 12 nitrogen and oxygen atoms in total. The van der Waals surface area contributed by atoms with Crippen molar-refractivity contribution in [2.75, 3.05) is 26.7 Å². The summed E-state index contributed by atoms with van der Waals surface area (Å²) < 4.78 is 23.6. The largest absolute Gasteiger partial charge is 0.467 e. The Morgan fingerprint density at radius 3 is 2.48 bits per heavy atom. The van der Waals surface area contributed by atoms with Crippen LogP contribution in [0.4, 0.5) is 0 Å². The van der Waals surface area contributed by atoms with Crippen LogP contribution in [0.2, 0.25) is 0 Å². The molecule has 2 aliphatic heterocycles. The van der Waals surface area contributed by atoms with Gasteiger partial charge in [-0.15, -0.1) is 0 Å². The zero-order chi connectivity index (χ0) is 24.3. The lowest BCUT2D eigenvalue weighted by Gasteiger charge is -2.49. The van der Waals surface area contributed by atoms with Crippen molar-refractivity contribution in [2.24, 2.45) is 17.2 Å². The molecule has 1 aliphatic carbocycles. The first-order chi connectivity index (χ1) is 15.6. The molecule has 0 unspecified atom stereocenters. The van der Waals surface area contributed by atoms with Gasteiger partial charge < -0.3 is 62.1 Å². The topological polar surface area (TPSA) is 200 Å². The van der Waals surface area contributed by atoms with Gasteiger partial charge in [-0.2, -0.15) is 0 Å². The molecular formula is C21H41N5O7. The summed E-state index contributed by atoms with van der Waals surface area (Å²) >= 11 is 0. The average Bonchev–Trinajstić information content (AvgIpc) is 2.76. The van der Waals surface area contributed by atoms with Crippen molar-refractivity contribution < 1.29 is 34.3 Å². The van der Waals surface area contributed by atoms with E-state index in [1.54, 1.807) is 14.0 Å². The van der Waals surface area contributed by atoms with Crippen molar-refractivity contribution in [1.82, 2.24) is 10.6 Å². The summed E-state index contributed by atoms with van der Waals surface area (Å²) in [6.45, 7) is 4.30. The second kappa shape index (κ2) is 11.2. The van der Waals surface area contributed by atoms with E-state index in [1.807, 2.05) is 13.0 Å². The molecule has 11 atom stereocenters. The number of hydrogen-bond acceptors (Lipinski definition) is 12. The molecule has 0 bridgehead atoms. The second-order valence-corrected chi connectivity index (χ2v) is 9.31. The average molecular weight is 476 g/mol. The Balaban J connectivity index is 1.75. The number of nitrogens with one attached hydrogen (secondary N) is 2. The van der Waals surface area contributed by atoms with E-state index < -0.39 is 60.7 Å². The number of rotatable bonds is 8. The molecule has 0 aromatic carbocycles. The van der Waals surface area contributed by atoms with Crippen LogP contribution in [0.1, 0.15) is 26.7 Å². The van der Waals surface area contributed by atoms with Crippen molar-refractivity contribution in [2.45, 2.75) is 93.5 Å². The quantitative estimate of drug-likeness (QED) is 0.175. The normalized spacial score (nSPS) is 46.5. The molecule has 2 heterocycles. The number of nitrogens with two attached hydrogens (primary N) is 3. The van der Waals surface area contributed by atoms with E-state index in [9.17, 15) is 15.3 Å². The summed E-state index contributed by atoms with van der Waals surface area (Å²) in [5.74, 6) is 0.572. The van der Waals surface area contributed by atoms with E-state index in [2.05, 4.69) is 10.6 Å². The minimum Gasteiger partial charge on any atom is -0.467 e. The van der Waals surface area contributed by atoms with Gasteiger partial charge >= 0.3 is 0 Å². The van der Waals surface area contributed by atoms with Crippen LogP contribution in [0.15, 0.2) is 11.8 Å². The summed E-state index contributed by atoms with van der Waals surface area (Å²) in [5, 5.41) is 38.8. The summed E-state index contributed by atoms with van der Waals surface area (Å²) in [6.07, 6.45) is -3.05. The molecule has 0 spiro atoms. The summed E-state index contributed by atoms with van der Waals surface area (Å²) in [6, 6.07) is -1.95. The Hall–Kier alpha value is -0.900. The van der Waals surface area contributed by atoms with Crippen LogP contribution in [0.5, 0.6) is 0 Å². The predicted octanol–water partition coefficient (Wildman–Crippen LogP) is -3.20. The number of ether oxygens (including phenoxy) is 4. The van der Waals surface area contributed by atoms with Crippen LogP contribution in [-0.2, 0) is 18.9 Å². The highest BCUT2D eigenvalue weighted by atomic mass is 16.7. The van der Waals surface area contributed by atoms with Gasteiger partial charge in [0.15, 0.2) is 6.29 Å². The Bertz CT molecular complexity index is 669. The lowest BCUT2D eigenvalue weighted by atomic mass is 9.83. The van der Waals surface area contributed by atoms with Gasteiger partial charge in [0.2, 0.25) is 6.29 Å². The van der Waals surface area contributed by atoms with Gasteiger partial charge in [0.1, 0.15) is 35.8 Å². The zero-order valence-corrected chi connectivity index (χ0v) is 19.6. The van der Waals surface area contributed by atoms with Crippen molar-refractivity contribution in [3.63, 3.8) is 0 Å². The highest BCUT2D eigenvalue weighted by Crippen LogP contribution is 2.31. The molecule has 0 aromatic rings. The maximum absolute atomic E-state index is 11.3. The molecule has 3 rings (SSSR count). The molecule has 2 fully saturated rings. The van der Waals surface area contributed by atoms with Gasteiger partial charge in [0.25, 0.3) is 0 Å². The van der Waals surface area contributed by atoms with Crippen molar-refractivity contribution in [3.8, 4) is 0 Å². The number of aliphatic hydroxyl groups excluding tert-OH is 2. The van der Waals surface area contributed by atoms with E-state index in [0.717, 1.165) is 0 Å². The van der Waals surface area contributed by atoms with Crippen molar-refractivity contribution >= 4 is 0 Å². The molecule has 0 radical (unpaired) electrons. The molecule has 33 heavy (non-hydrogen) atoms. The fraction of sp³-hybridized carbons (Fsp3) is 0.905. The molecule has 1 saturated heterocycles. The zero-order valence-electron chi connectivity index (χ0n) is 19.6. The molecule has 0 amide bonds. The van der Waals surface area contributed by atoms with E-state index in [4.69, 9.17) is 36.1 Å². The Labute approximate surface area is 194 Å². The second-order valence-electron chi connectivity index (χ2n) is 9.31. The Morgan fingerprint density at radius 1 is 1.15 bits per heavy atom. The first kappa shape index (κ1) is 26.7. The lowest BCUT2D eigenvalue weighted by Crippen LogP contribution is -2.69. The van der Waals surface area contributed by atoms with E-state index in [0.29, 0.717) is 25.1 Å². The van der Waals surface area contributed by atoms with Gasteiger partial charge in [-0.1, -0.05) is 6.92 Å². The molecule has 1 saturated carbocycles. The monoisotopic (exact) mass is 475 g/mol. The maximum atomic E-state index is 11.3. The smallest absolute Gasteiger partial charge is 0.215 e. The SMILES string of the molecule is CCN[C@@H]1C[C@H](N)[C@H](O[C@@H]2OC(CN)=CC[C@@H]2N)[C@H](O)[C@@H]1O[C@@H]1OC[C@](C)(O)[C@@H](NC)[C@H]1O. The third kappa shape index (κ3) is 5.85. The van der Waals surface area contributed by atoms with E-state index >= 15 is 0 Å². The summed E-state index contributed by atoms with van der Waals surface area (Å²) in [5.41, 5.74) is 16.9. The first-order valence-electron chi connectivity index (χ1n) is 11.6. The number of aliphatic hydroxyl groups is 3. The number of likely N-dealkylation sites (N-methyl/N-ethyl adjacent to an activating group) is 2. The van der Waals surface area contributed by atoms with Gasteiger partial charge in [0.05, 0.1) is 25.2 Å². The molecular weight excluding hydrogens is 434 g/mol. The maximum Gasteiger partial charge on any atom is 0.215 e. The number of hydrogen-bond donors (Lipinski definition) is 8. The van der Waals surface area contributed by atoms with Crippen LogP contribution < -0.4 is 27.8 Å². The molecule has 192 valence electrons. The highest BCUT2D eigenvalue weighted by molar-refractivity contribution is 5.05. The van der Waals surface area contributed by atoms with Crippen LogP contribution in [0.25, 0.3) is 0 Å². The van der Waals surface area contributed by atoms with Gasteiger partial charge in [0, 0.05) is 12.1 Å². The van der Waals surface area contributed by atoms with Gasteiger partial charge in [-0.05, 0) is 39.4 Å². The fourth-order valence-electron chi connectivity index (χ4n) is 4.86. The lowest BCUT2D eigenvalue weighted by molar-refractivity contribution is -0.304. The standard InChI is InChI=1S/C21H41N5O7/c1-4-26-13-7-12(24)16(32-19-11(23)6-5-10(8-22)31-19)14(27)17(13)33-20-15(28)18(25-3)21(2,29)9-30-20/h5,11-20,25-29H,4,6-9,22-24H2,1-3H3/t11-,12-,13+,14-,15+,16-,17+,18-,19-,20-,21-/m0/s1. The predicted molar refractivity (Wildman–Crippen MR) is 120 cm³/mol. The summed E-state index contributed by atoms with van der Waals surface area (Å²) in [7, 11) is 1.64. The summed E-state index contributed by atoms with van der Waals surface area (Å²) in [4.78, 5) is 0. The fourth-order valence-corrected chi connectivity index (χ4v) is 4.86. The molecule has 3 aliphatic rings. The van der Waals surface area contributed by atoms with Gasteiger partial charge in [-0.25, -0.2) is 0 Å². The van der Waals surface area contributed by atoms with Crippen LogP contribution >= 0.6 is 0 Å². The third-order valence-electron chi connectivity index (χ3n) is 6.64. The minimum absolute atomic E-state index is 0.0483. The molecule has 12 heteroatoms. The molecule has 0 aromatic heterocycles. The third-order valence-corrected chi connectivity index (χ3v) is 6.64. The van der Waals surface area contributed by atoms with Crippen LogP contribution in [-0.4, -0.2) is 109 Å². The van der Waals surface area contributed by atoms with Gasteiger partial charge in [-0.3, -0.25) is 0 Å². The Morgan fingerprint density at radius 2 is 1.85 bits per heavy atom. The van der Waals surface area contributed by atoms with Crippen molar-refractivity contribution in [1.29, 1.82) is 0 Å². The van der Waals surface area contributed by atoms with E-state index in [-0.39, 0.29) is 19.2 Å². The molecule has 11 N–H and O–H groups in total. The minimum atomic E-state index is -1.28. The Kier molecular flexibility index (Phi) is 9.08. The highest BCUT2D eigenvalue weighted by Gasteiger charge is 2.51. The van der Waals surface area contributed by atoms with Crippen LogP contribution in [0.3, 0.4) is 0 Å². The van der Waals surface area contributed by atoms with E-state index in [1.165, 1.54) is 0 Å².